The van der Waals surface area contributed by atoms with E-state index in [9.17, 15) is 4.79 Å². The molecule has 0 saturated carbocycles. The van der Waals surface area contributed by atoms with Crippen LogP contribution in [0.5, 0.6) is 0 Å². The largest absolute Gasteiger partial charge is 0.444 e. The van der Waals surface area contributed by atoms with E-state index >= 15 is 0 Å². The van der Waals surface area contributed by atoms with Gasteiger partial charge in [-0.2, -0.15) is 0 Å². The van der Waals surface area contributed by atoms with E-state index in [0.717, 1.165) is 10.2 Å². The Morgan fingerprint density at radius 1 is 1.28 bits per heavy atom. The SMILES string of the molecule is CC(C)(C)OC(=O)NC(C)(C)c1ccc(Br)cn1. The zero-order valence-electron chi connectivity index (χ0n) is 11.4. The van der Waals surface area contributed by atoms with Crippen molar-refractivity contribution in [2.45, 2.75) is 45.8 Å². The number of hydrogen-bond donors (Lipinski definition) is 1. The van der Waals surface area contributed by atoms with Crippen molar-refractivity contribution in [1.29, 1.82) is 0 Å². The third kappa shape index (κ3) is 4.64. The van der Waals surface area contributed by atoms with Crippen LogP contribution in [0.2, 0.25) is 0 Å². The molecule has 100 valence electrons. The Morgan fingerprint density at radius 2 is 1.89 bits per heavy atom. The van der Waals surface area contributed by atoms with Crippen molar-refractivity contribution in [2.24, 2.45) is 0 Å². The van der Waals surface area contributed by atoms with Crippen LogP contribution in [0.4, 0.5) is 4.79 Å². The molecule has 0 atom stereocenters. The van der Waals surface area contributed by atoms with E-state index in [2.05, 4.69) is 26.2 Å². The molecule has 1 aromatic rings. The first kappa shape index (κ1) is 15.0. The molecule has 0 radical (unpaired) electrons. The topological polar surface area (TPSA) is 51.2 Å². The molecule has 0 aromatic carbocycles. The maximum absolute atomic E-state index is 11.7. The summed E-state index contributed by atoms with van der Waals surface area (Å²) in [5.74, 6) is 0. The zero-order valence-corrected chi connectivity index (χ0v) is 13.0. The van der Waals surface area contributed by atoms with Gasteiger partial charge in [0.2, 0.25) is 0 Å². The van der Waals surface area contributed by atoms with E-state index in [4.69, 9.17) is 4.74 Å². The van der Waals surface area contributed by atoms with E-state index in [1.165, 1.54) is 0 Å². The molecule has 1 rings (SSSR count). The summed E-state index contributed by atoms with van der Waals surface area (Å²) < 4.78 is 6.13. The zero-order chi connectivity index (χ0) is 14.0. The number of pyridine rings is 1. The van der Waals surface area contributed by atoms with Crippen molar-refractivity contribution in [2.75, 3.05) is 0 Å². The van der Waals surface area contributed by atoms with Gasteiger partial charge in [-0.15, -0.1) is 0 Å². The minimum atomic E-state index is -0.580. The van der Waals surface area contributed by atoms with Crippen LogP contribution < -0.4 is 5.32 Å². The van der Waals surface area contributed by atoms with Crippen molar-refractivity contribution in [3.8, 4) is 0 Å². The highest BCUT2D eigenvalue weighted by atomic mass is 79.9. The minimum Gasteiger partial charge on any atom is -0.444 e. The number of ether oxygens (including phenoxy) is 1. The molecule has 1 aromatic heterocycles. The molecule has 0 spiro atoms. The van der Waals surface area contributed by atoms with E-state index in [1.807, 2.05) is 46.8 Å². The second-order valence-corrected chi connectivity index (χ2v) is 6.53. The number of halogens is 1. The van der Waals surface area contributed by atoms with Gasteiger partial charge in [-0.3, -0.25) is 4.98 Å². The molecule has 4 nitrogen and oxygen atoms in total. The van der Waals surface area contributed by atoms with Crippen LogP contribution in [0.1, 0.15) is 40.3 Å². The van der Waals surface area contributed by atoms with E-state index < -0.39 is 17.2 Å². The highest BCUT2D eigenvalue weighted by Crippen LogP contribution is 2.20. The van der Waals surface area contributed by atoms with Crippen molar-refractivity contribution in [1.82, 2.24) is 10.3 Å². The Kier molecular flexibility index (Phi) is 4.37. The van der Waals surface area contributed by atoms with Gasteiger partial charge < -0.3 is 10.1 Å². The van der Waals surface area contributed by atoms with Gasteiger partial charge >= 0.3 is 6.09 Å². The highest BCUT2D eigenvalue weighted by molar-refractivity contribution is 9.10. The molecule has 0 fully saturated rings. The smallest absolute Gasteiger partial charge is 0.408 e. The summed E-state index contributed by atoms with van der Waals surface area (Å²) in [7, 11) is 0. The van der Waals surface area contributed by atoms with Gasteiger partial charge in [0.15, 0.2) is 0 Å². The van der Waals surface area contributed by atoms with E-state index in [0.29, 0.717) is 0 Å². The maximum Gasteiger partial charge on any atom is 0.408 e. The average Bonchev–Trinajstić information content (AvgIpc) is 2.13. The predicted molar refractivity (Wildman–Crippen MR) is 74.3 cm³/mol. The first-order valence-corrected chi connectivity index (χ1v) is 6.53. The molecule has 1 heterocycles. The van der Waals surface area contributed by atoms with Crippen molar-refractivity contribution >= 4 is 22.0 Å². The summed E-state index contributed by atoms with van der Waals surface area (Å²) in [5.41, 5.74) is -0.312. The average molecular weight is 315 g/mol. The van der Waals surface area contributed by atoms with Crippen LogP contribution in [-0.4, -0.2) is 16.7 Å². The van der Waals surface area contributed by atoms with E-state index in [1.54, 1.807) is 6.20 Å². The first-order chi connectivity index (χ1) is 8.10. The minimum absolute atomic E-state index is 0.447. The first-order valence-electron chi connectivity index (χ1n) is 5.73. The lowest BCUT2D eigenvalue weighted by Gasteiger charge is -2.28. The Bertz CT molecular complexity index is 422. The van der Waals surface area contributed by atoms with Gasteiger partial charge in [0.25, 0.3) is 0 Å². The van der Waals surface area contributed by atoms with Gasteiger partial charge in [0, 0.05) is 10.7 Å². The second-order valence-electron chi connectivity index (χ2n) is 5.61. The molecule has 5 heteroatoms. The van der Waals surface area contributed by atoms with Gasteiger partial charge in [0.1, 0.15) is 5.60 Å². The molecular weight excluding hydrogens is 296 g/mol. The number of hydrogen-bond acceptors (Lipinski definition) is 3. The van der Waals surface area contributed by atoms with Crippen LogP contribution >= 0.6 is 15.9 Å². The Hall–Kier alpha value is -1.10. The lowest BCUT2D eigenvalue weighted by molar-refractivity contribution is 0.0468. The fourth-order valence-electron chi connectivity index (χ4n) is 1.37. The van der Waals surface area contributed by atoms with Gasteiger partial charge in [-0.25, -0.2) is 4.79 Å². The fourth-order valence-corrected chi connectivity index (χ4v) is 1.60. The third-order valence-electron chi connectivity index (χ3n) is 2.18. The second kappa shape index (κ2) is 5.26. The summed E-state index contributed by atoms with van der Waals surface area (Å²) in [6.07, 6.45) is 1.26. The number of rotatable bonds is 2. The summed E-state index contributed by atoms with van der Waals surface area (Å²) in [6.45, 7) is 9.26. The Labute approximate surface area is 116 Å². The summed E-state index contributed by atoms with van der Waals surface area (Å²) in [4.78, 5) is 16.0. The van der Waals surface area contributed by atoms with Crippen LogP contribution in [0.3, 0.4) is 0 Å². The van der Waals surface area contributed by atoms with Crippen molar-refractivity contribution in [3.63, 3.8) is 0 Å². The highest BCUT2D eigenvalue weighted by Gasteiger charge is 2.27. The number of amides is 1. The number of nitrogens with zero attached hydrogens (tertiary/aromatic N) is 1. The Balaban J connectivity index is 2.75. The third-order valence-corrected chi connectivity index (χ3v) is 2.65. The standard InChI is InChI=1S/C13H19BrN2O2/c1-12(2,3)18-11(17)16-13(4,5)10-7-6-9(14)8-15-10/h6-8H,1-5H3,(H,16,17). The summed E-state index contributed by atoms with van der Waals surface area (Å²) in [6, 6.07) is 3.75. The molecule has 0 aliphatic carbocycles. The lowest BCUT2D eigenvalue weighted by atomic mass is 10.0. The lowest BCUT2D eigenvalue weighted by Crippen LogP contribution is -2.44. The van der Waals surface area contributed by atoms with Crippen molar-refractivity contribution in [3.05, 3.63) is 28.5 Å². The van der Waals surface area contributed by atoms with Crippen molar-refractivity contribution < 1.29 is 9.53 Å². The molecule has 0 unspecified atom stereocenters. The summed E-state index contributed by atoms with van der Waals surface area (Å²) in [5, 5.41) is 2.81. The molecule has 18 heavy (non-hydrogen) atoms. The molecule has 0 aliphatic rings. The number of carbonyl (C=O) groups is 1. The Morgan fingerprint density at radius 3 is 2.33 bits per heavy atom. The number of nitrogens with one attached hydrogen (secondary N) is 1. The van der Waals surface area contributed by atoms with Crippen LogP contribution in [0.15, 0.2) is 22.8 Å². The van der Waals surface area contributed by atoms with E-state index in [-0.39, 0.29) is 0 Å². The molecular formula is C13H19BrN2O2. The summed E-state index contributed by atoms with van der Waals surface area (Å²) >= 11 is 3.33. The predicted octanol–water partition coefficient (Wildman–Crippen LogP) is 3.60. The molecule has 0 saturated heterocycles. The number of alkyl carbamates (subject to hydrolysis) is 1. The molecule has 1 amide bonds. The monoisotopic (exact) mass is 314 g/mol. The van der Waals surface area contributed by atoms with Gasteiger partial charge in [0.05, 0.1) is 11.2 Å². The molecule has 1 N–H and O–H groups in total. The fraction of sp³-hybridized carbons (Fsp3) is 0.538. The van der Waals surface area contributed by atoms with Crippen LogP contribution in [0.25, 0.3) is 0 Å². The molecule has 0 bridgehead atoms. The number of aromatic nitrogens is 1. The van der Waals surface area contributed by atoms with Gasteiger partial charge in [-0.05, 0) is 62.7 Å². The number of carbonyl (C=O) groups excluding carboxylic acids is 1. The van der Waals surface area contributed by atoms with Crippen LogP contribution in [0, 0.1) is 0 Å². The maximum atomic E-state index is 11.7. The van der Waals surface area contributed by atoms with Crippen LogP contribution in [-0.2, 0) is 10.3 Å². The normalized spacial score (nSPS) is 12.1. The quantitative estimate of drug-likeness (QED) is 0.907. The van der Waals surface area contributed by atoms with Gasteiger partial charge in [-0.1, -0.05) is 0 Å². The molecule has 0 aliphatic heterocycles.